The zero-order valence-electron chi connectivity index (χ0n) is 11.0. The van der Waals surface area contributed by atoms with Crippen molar-refractivity contribution in [2.24, 2.45) is 17.3 Å². The molecule has 0 heterocycles. The minimum Gasteiger partial charge on any atom is -0.481 e. The summed E-state index contributed by atoms with van der Waals surface area (Å²) in [6.07, 6.45) is 0. The van der Waals surface area contributed by atoms with Crippen molar-refractivity contribution in [1.29, 1.82) is 0 Å². The van der Waals surface area contributed by atoms with Gasteiger partial charge in [0.15, 0.2) is 0 Å². The van der Waals surface area contributed by atoms with Gasteiger partial charge in [0, 0.05) is 9.26 Å². The van der Waals surface area contributed by atoms with Crippen molar-refractivity contribution in [3.63, 3.8) is 0 Å². The first-order chi connectivity index (χ1) is 8.75. The molecular formula is C14H16INO3. The Morgan fingerprint density at radius 2 is 1.95 bits per heavy atom. The molecule has 4 nitrogen and oxygen atoms in total. The van der Waals surface area contributed by atoms with Gasteiger partial charge in [0.1, 0.15) is 0 Å². The smallest absolute Gasteiger partial charge is 0.307 e. The van der Waals surface area contributed by atoms with Crippen molar-refractivity contribution in [3.8, 4) is 0 Å². The van der Waals surface area contributed by atoms with E-state index in [1.807, 2.05) is 39.0 Å². The molecule has 0 aliphatic heterocycles. The van der Waals surface area contributed by atoms with E-state index in [4.69, 9.17) is 5.11 Å². The predicted molar refractivity (Wildman–Crippen MR) is 80.9 cm³/mol. The summed E-state index contributed by atoms with van der Waals surface area (Å²) in [4.78, 5) is 23.3. The first-order valence-corrected chi connectivity index (χ1v) is 7.13. The zero-order chi connectivity index (χ0) is 14.4. The maximum Gasteiger partial charge on any atom is 0.307 e. The third kappa shape index (κ3) is 2.61. The number of rotatable bonds is 3. The second kappa shape index (κ2) is 4.77. The Balaban J connectivity index is 2.15. The molecule has 102 valence electrons. The molecule has 5 heteroatoms. The van der Waals surface area contributed by atoms with Gasteiger partial charge in [0.2, 0.25) is 5.91 Å². The van der Waals surface area contributed by atoms with Gasteiger partial charge in [-0.25, -0.2) is 0 Å². The molecule has 1 aromatic carbocycles. The van der Waals surface area contributed by atoms with Crippen LogP contribution in [0.5, 0.6) is 0 Å². The Kier molecular flexibility index (Phi) is 3.59. The van der Waals surface area contributed by atoms with Crippen LogP contribution in [0.1, 0.15) is 19.4 Å². The van der Waals surface area contributed by atoms with Gasteiger partial charge in [-0.3, -0.25) is 9.59 Å². The molecule has 0 bridgehead atoms. The van der Waals surface area contributed by atoms with Crippen LogP contribution in [0, 0.1) is 27.7 Å². The maximum atomic E-state index is 12.2. The van der Waals surface area contributed by atoms with Crippen molar-refractivity contribution in [1.82, 2.24) is 0 Å². The van der Waals surface area contributed by atoms with Crippen molar-refractivity contribution in [2.75, 3.05) is 5.32 Å². The number of aryl methyl sites for hydroxylation is 1. The van der Waals surface area contributed by atoms with Crippen LogP contribution in [0.25, 0.3) is 0 Å². The number of halogens is 1. The summed E-state index contributed by atoms with van der Waals surface area (Å²) >= 11 is 2.18. The number of benzene rings is 1. The number of carboxylic acids is 1. The van der Waals surface area contributed by atoms with E-state index in [-0.39, 0.29) is 5.91 Å². The summed E-state index contributed by atoms with van der Waals surface area (Å²) in [5, 5.41) is 11.9. The molecule has 2 rings (SSSR count). The molecule has 0 saturated heterocycles. The molecule has 0 radical (unpaired) electrons. The van der Waals surface area contributed by atoms with Gasteiger partial charge in [-0.2, -0.15) is 0 Å². The number of anilines is 1. The molecule has 1 amide bonds. The second-order valence-corrected chi connectivity index (χ2v) is 6.81. The lowest BCUT2D eigenvalue weighted by atomic mass is 10.1. The molecule has 1 aliphatic rings. The molecule has 1 aromatic rings. The summed E-state index contributed by atoms with van der Waals surface area (Å²) in [6, 6.07) is 5.79. The monoisotopic (exact) mass is 373 g/mol. The number of carboxylic acid groups (broad SMARTS) is 1. The molecule has 1 saturated carbocycles. The van der Waals surface area contributed by atoms with Gasteiger partial charge in [-0.15, -0.1) is 0 Å². The van der Waals surface area contributed by atoms with E-state index >= 15 is 0 Å². The molecule has 1 aliphatic carbocycles. The Morgan fingerprint density at radius 1 is 1.32 bits per heavy atom. The van der Waals surface area contributed by atoms with Gasteiger partial charge in [0.05, 0.1) is 11.8 Å². The highest BCUT2D eigenvalue weighted by molar-refractivity contribution is 14.1. The lowest BCUT2D eigenvalue weighted by Gasteiger charge is -2.09. The highest BCUT2D eigenvalue weighted by atomic mass is 127. The molecule has 2 atom stereocenters. The Morgan fingerprint density at radius 3 is 2.47 bits per heavy atom. The fourth-order valence-corrected chi connectivity index (χ4v) is 3.02. The third-order valence-corrected chi connectivity index (χ3v) is 4.50. The third-order valence-electron chi connectivity index (χ3n) is 3.83. The van der Waals surface area contributed by atoms with Crippen molar-refractivity contribution in [2.45, 2.75) is 20.8 Å². The summed E-state index contributed by atoms with van der Waals surface area (Å²) in [5.74, 6) is -2.15. The lowest BCUT2D eigenvalue weighted by molar-refractivity contribution is -0.140. The Bertz CT molecular complexity index is 554. The van der Waals surface area contributed by atoms with E-state index in [1.165, 1.54) is 0 Å². The number of amides is 1. The van der Waals surface area contributed by atoms with Crippen LogP contribution in [0.15, 0.2) is 18.2 Å². The maximum absolute atomic E-state index is 12.2. The van der Waals surface area contributed by atoms with Crippen molar-refractivity contribution >= 4 is 40.2 Å². The summed E-state index contributed by atoms with van der Waals surface area (Å²) in [7, 11) is 0. The van der Waals surface area contributed by atoms with Crippen LogP contribution in [-0.4, -0.2) is 17.0 Å². The van der Waals surface area contributed by atoms with Crippen LogP contribution in [0.4, 0.5) is 5.69 Å². The van der Waals surface area contributed by atoms with Crippen LogP contribution in [0.2, 0.25) is 0 Å². The SMILES string of the molecule is Cc1ccc(I)cc1NC(=O)[C@H]1[C@@H](C(=O)O)C1(C)C. The molecule has 0 spiro atoms. The molecule has 0 unspecified atom stereocenters. The van der Waals surface area contributed by atoms with E-state index < -0.39 is 23.2 Å². The first-order valence-electron chi connectivity index (χ1n) is 6.05. The van der Waals surface area contributed by atoms with Gasteiger partial charge in [-0.05, 0) is 52.6 Å². The molecule has 0 aromatic heterocycles. The van der Waals surface area contributed by atoms with Gasteiger partial charge in [0.25, 0.3) is 0 Å². The fourth-order valence-electron chi connectivity index (χ4n) is 2.53. The number of hydrogen-bond donors (Lipinski definition) is 2. The summed E-state index contributed by atoms with van der Waals surface area (Å²) in [5.41, 5.74) is 1.26. The standard InChI is InChI=1S/C14H16INO3/c1-7-4-5-8(15)6-9(7)16-12(17)10-11(13(18)19)14(10,2)3/h4-6,10-11H,1-3H3,(H,16,17)(H,18,19)/t10-,11+/m1/s1. The number of aliphatic carboxylic acids is 1. The summed E-state index contributed by atoms with van der Waals surface area (Å²) < 4.78 is 1.03. The Hall–Kier alpha value is -1.11. The average Bonchev–Trinajstić information content (AvgIpc) is 2.87. The van der Waals surface area contributed by atoms with Crippen LogP contribution in [0.3, 0.4) is 0 Å². The molecule has 19 heavy (non-hydrogen) atoms. The number of hydrogen-bond acceptors (Lipinski definition) is 2. The molecule has 2 N–H and O–H groups in total. The van der Waals surface area contributed by atoms with Crippen LogP contribution < -0.4 is 5.32 Å². The fraction of sp³-hybridized carbons (Fsp3) is 0.429. The Labute approximate surface area is 125 Å². The second-order valence-electron chi connectivity index (χ2n) is 5.56. The van der Waals surface area contributed by atoms with Gasteiger partial charge >= 0.3 is 5.97 Å². The molecule has 1 fully saturated rings. The minimum atomic E-state index is -0.899. The number of nitrogens with one attached hydrogen (secondary N) is 1. The number of carbonyl (C=O) groups excluding carboxylic acids is 1. The van der Waals surface area contributed by atoms with Gasteiger partial charge in [-0.1, -0.05) is 19.9 Å². The van der Waals surface area contributed by atoms with Crippen molar-refractivity contribution < 1.29 is 14.7 Å². The zero-order valence-corrected chi connectivity index (χ0v) is 13.2. The van der Waals surface area contributed by atoms with Crippen molar-refractivity contribution in [3.05, 3.63) is 27.3 Å². The first kappa shape index (κ1) is 14.3. The number of carbonyl (C=O) groups is 2. The van der Waals surface area contributed by atoms with Crippen LogP contribution in [-0.2, 0) is 9.59 Å². The van der Waals surface area contributed by atoms with E-state index in [0.29, 0.717) is 0 Å². The topological polar surface area (TPSA) is 66.4 Å². The van der Waals surface area contributed by atoms with E-state index in [0.717, 1.165) is 14.8 Å². The molecular weight excluding hydrogens is 357 g/mol. The van der Waals surface area contributed by atoms with E-state index in [9.17, 15) is 9.59 Å². The largest absolute Gasteiger partial charge is 0.481 e. The van der Waals surface area contributed by atoms with Crippen LogP contribution >= 0.6 is 22.6 Å². The summed E-state index contributed by atoms with van der Waals surface area (Å²) in [6.45, 7) is 5.55. The minimum absolute atomic E-state index is 0.206. The van der Waals surface area contributed by atoms with Gasteiger partial charge < -0.3 is 10.4 Å². The van der Waals surface area contributed by atoms with E-state index in [2.05, 4.69) is 27.9 Å². The average molecular weight is 373 g/mol. The predicted octanol–water partition coefficient (Wildman–Crippen LogP) is 2.89. The normalized spacial score (nSPS) is 23.8. The van der Waals surface area contributed by atoms with E-state index in [1.54, 1.807) is 0 Å². The highest BCUT2D eigenvalue weighted by Gasteiger charge is 2.65. The lowest BCUT2D eigenvalue weighted by Crippen LogP contribution is -2.18. The quantitative estimate of drug-likeness (QED) is 0.801. The highest BCUT2D eigenvalue weighted by Crippen LogP contribution is 2.58.